The average Bonchev–Trinajstić information content (AvgIpc) is 2.77. The second kappa shape index (κ2) is 5.73. The minimum absolute atomic E-state index is 0.110. The summed E-state index contributed by atoms with van der Waals surface area (Å²) in [6.45, 7) is 1.93. The van der Waals surface area contributed by atoms with Gasteiger partial charge in [-0.05, 0) is 18.1 Å². The smallest absolute Gasteiger partial charge is 0.303 e. The van der Waals surface area contributed by atoms with Crippen LogP contribution < -0.4 is 0 Å². The Labute approximate surface area is 109 Å². The zero-order valence-electron chi connectivity index (χ0n) is 10.0. The third-order valence-electron chi connectivity index (χ3n) is 2.57. The Balaban J connectivity index is 2.05. The van der Waals surface area contributed by atoms with Crippen molar-refractivity contribution in [1.29, 1.82) is 0 Å². The van der Waals surface area contributed by atoms with E-state index in [1.54, 1.807) is 23.7 Å². The molecule has 0 aliphatic rings. The zero-order valence-corrected chi connectivity index (χ0v) is 10.9. The highest BCUT2D eigenvalue weighted by molar-refractivity contribution is 7.09. The van der Waals surface area contributed by atoms with E-state index in [2.05, 4.69) is 9.97 Å². The molecule has 0 amide bonds. The second-order valence-corrected chi connectivity index (χ2v) is 5.21. The van der Waals surface area contributed by atoms with Crippen LogP contribution >= 0.6 is 11.3 Å². The highest BCUT2D eigenvalue weighted by Gasteiger charge is 2.11. The fourth-order valence-electron chi connectivity index (χ4n) is 1.73. The molecule has 1 unspecified atom stereocenters. The van der Waals surface area contributed by atoms with Gasteiger partial charge in [-0.25, -0.2) is 4.98 Å². The van der Waals surface area contributed by atoms with Crippen LogP contribution in [0.3, 0.4) is 0 Å². The monoisotopic (exact) mass is 262 g/mol. The van der Waals surface area contributed by atoms with Crippen molar-refractivity contribution in [3.8, 4) is 11.3 Å². The van der Waals surface area contributed by atoms with Crippen molar-refractivity contribution in [2.75, 3.05) is 0 Å². The number of pyridine rings is 1. The Hall–Kier alpha value is -1.75. The van der Waals surface area contributed by atoms with E-state index in [9.17, 15) is 4.79 Å². The molecule has 1 atom stereocenters. The number of hydrogen-bond acceptors (Lipinski definition) is 4. The summed E-state index contributed by atoms with van der Waals surface area (Å²) in [5.41, 5.74) is 1.97. The van der Waals surface area contributed by atoms with Crippen LogP contribution in [0.2, 0.25) is 0 Å². The van der Waals surface area contributed by atoms with Gasteiger partial charge in [-0.1, -0.05) is 6.92 Å². The van der Waals surface area contributed by atoms with Gasteiger partial charge in [0.25, 0.3) is 0 Å². The summed E-state index contributed by atoms with van der Waals surface area (Å²) < 4.78 is 0. The Morgan fingerprint density at radius 3 is 2.83 bits per heavy atom. The Kier molecular flexibility index (Phi) is 4.04. The van der Waals surface area contributed by atoms with Gasteiger partial charge in [-0.15, -0.1) is 11.3 Å². The first-order valence-corrected chi connectivity index (χ1v) is 6.59. The van der Waals surface area contributed by atoms with E-state index in [0.717, 1.165) is 16.3 Å². The molecule has 18 heavy (non-hydrogen) atoms. The van der Waals surface area contributed by atoms with Crippen molar-refractivity contribution < 1.29 is 9.90 Å². The van der Waals surface area contributed by atoms with E-state index in [1.807, 2.05) is 24.4 Å². The highest BCUT2D eigenvalue weighted by atomic mass is 32.1. The van der Waals surface area contributed by atoms with Crippen molar-refractivity contribution in [2.45, 2.75) is 19.8 Å². The first-order valence-electron chi connectivity index (χ1n) is 5.71. The van der Waals surface area contributed by atoms with Crippen molar-refractivity contribution in [2.24, 2.45) is 5.92 Å². The molecular weight excluding hydrogens is 248 g/mol. The molecule has 4 nitrogen and oxygen atoms in total. The quantitative estimate of drug-likeness (QED) is 0.900. The van der Waals surface area contributed by atoms with E-state index in [4.69, 9.17) is 5.11 Å². The van der Waals surface area contributed by atoms with Crippen LogP contribution in [0, 0.1) is 5.92 Å². The number of hydrogen-bond donors (Lipinski definition) is 1. The third-order valence-corrected chi connectivity index (χ3v) is 3.45. The summed E-state index contributed by atoms with van der Waals surface area (Å²) in [6.07, 6.45) is 4.37. The predicted molar refractivity (Wildman–Crippen MR) is 70.5 cm³/mol. The number of thiazole rings is 1. The standard InChI is InChI=1S/C13H14N2O2S/c1-9(7-13(16)17)6-12-15-11(8-18-12)10-2-4-14-5-3-10/h2-5,8-9H,6-7H2,1H3,(H,16,17). The summed E-state index contributed by atoms with van der Waals surface area (Å²) in [7, 11) is 0. The maximum atomic E-state index is 10.6. The van der Waals surface area contributed by atoms with Crippen LogP contribution in [-0.4, -0.2) is 21.0 Å². The number of carboxylic acid groups (broad SMARTS) is 1. The molecule has 5 heteroatoms. The van der Waals surface area contributed by atoms with E-state index >= 15 is 0 Å². The summed E-state index contributed by atoms with van der Waals surface area (Å²) in [4.78, 5) is 19.1. The molecule has 0 aliphatic heterocycles. The fraction of sp³-hybridized carbons (Fsp3) is 0.308. The minimum Gasteiger partial charge on any atom is -0.481 e. The summed E-state index contributed by atoms with van der Waals surface area (Å²) >= 11 is 1.58. The Bertz CT molecular complexity index is 525. The molecule has 0 saturated heterocycles. The van der Waals surface area contributed by atoms with Gasteiger partial charge in [-0.3, -0.25) is 9.78 Å². The first-order chi connectivity index (χ1) is 8.65. The highest BCUT2D eigenvalue weighted by Crippen LogP contribution is 2.23. The summed E-state index contributed by atoms with van der Waals surface area (Å²) in [5.74, 6) is -0.646. The van der Waals surface area contributed by atoms with Crippen molar-refractivity contribution in [3.63, 3.8) is 0 Å². The van der Waals surface area contributed by atoms with Gasteiger partial charge in [-0.2, -0.15) is 0 Å². The fourth-order valence-corrected chi connectivity index (χ4v) is 2.70. The molecule has 2 aromatic heterocycles. The van der Waals surface area contributed by atoms with E-state index in [1.165, 1.54) is 0 Å². The molecular formula is C13H14N2O2S. The van der Waals surface area contributed by atoms with Crippen LogP contribution in [0.5, 0.6) is 0 Å². The minimum atomic E-state index is -0.756. The SMILES string of the molecule is CC(CC(=O)O)Cc1nc(-c2ccncc2)cs1. The molecule has 1 N–H and O–H groups in total. The molecule has 0 saturated carbocycles. The van der Waals surface area contributed by atoms with Gasteiger partial charge >= 0.3 is 5.97 Å². The van der Waals surface area contributed by atoms with Gasteiger partial charge in [0.15, 0.2) is 0 Å². The van der Waals surface area contributed by atoms with Gasteiger partial charge in [0.2, 0.25) is 0 Å². The number of carboxylic acids is 1. The average molecular weight is 262 g/mol. The Morgan fingerprint density at radius 2 is 2.17 bits per heavy atom. The lowest BCUT2D eigenvalue weighted by Gasteiger charge is -2.04. The lowest BCUT2D eigenvalue weighted by Crippen LogP contribution is -2.06. The summed E-state index contributed by atoms with van der Waals surface area (Å²) in [5, 5.41) is 11.7. The van der Waals surface area contributed by atoms with Gasteiger partial charge in [0.05, 0.1) is 10.7 Å². The lowest BCUT2D eigenvalue weighted by atomic mass is 10.1. The van der Waals surface area contributed by atoms with Crippen molar-refractivity contribution >= 4 is 17.3 Å². The number of aliphatic carboxylic acids is 1. The molecule has 0 radical (unpaired) electrons. The zero-order chi connectivity index (χ0) is 13.0. The van der Waals surface area contributed by atoms with Crippen molar-refractivity contribution in [1.82, 2.24) is 9.97 Å². The normalized spacial score (nSPS) is 12.3. The van der Waals surface area contributed by atoms with E-state index in [-0.39, 0.29) is 12.3 Å². The van der Waals surface area contributed by atoms with Gasteiger partial charge < -0.3 is 5.11 Å². The molecule has 0 fully saturated rings. The Morgan fingerprint density at radius 1 is 1.44 bits per heavy atom. The second-order valence-electron chi connectivity index (χ2n) is 4.27. The number of rotatable bonds is 5. The molecule has 2 aromatic rings. The van der Waals surface area contributed by atoms with Crippen molar-refractivity contribution in [3.05, 3.63) is 34.9 Å². The van der Waals surface area contributed by atoms with Crippen LogP contribution in [-0.2, 0) is 11.2 Å². The molecule has 0 aromatic carbocycles. The van der Waals surface area contributed by atoms with E-state index < -0.39 is 5.97 Å². The number of carbonyl (C=O) groups is 1. The lowest BCUT2D eigenvalue weighted by molar-refractivity contribution is -0.137. The number of aromatic nitrogens is 2. The van der Waals surface area contributed by atoms with Crippen LogP contribution in [0.1, 0.15) is 18.4 Å². The maximum Gasteiger partial charge on any atom is 0.303 e. The van der Waals surface area contributed by atoms with Gasteiger partial charge in [0.1, 0.15) is 0 Å². The van der Waals surface area contributed by atoms with Crippen LogP contribution in [0.15, 0.2) is 29.9 Å². The molecule has 0 aliphatic carbocycles. The largest absolute Gasteiger partial charge is 0.481 e. The number of nitrogens with zero attached hydrogens (tertiary/aromatic N) is 2. The topological polar surface area (TPSA) is 63.1 Å². The molecule has 2 heterocycles. The summed E-state index contributed by atoms with van der Waals surface area (Å²) in [6, 6.07) is 3.83. The third kappa shape index (κ3) is 3.37. The molecule has 0 spiro atoms. The first kappa shape index (κ1) is 12.7. The predicted octanol–water partition coefficient (Wildman–Crippen LogP) is 2.86. The molecule has 94 valence electrons. The van der Waals surface area contributed by atoms with Gasteiger partial charge in [0, 0.05) is 36.2 Å². The maximum absolute atomic E-state index is 10.6. The van der Waals surface area contributed by atoms with E-state index in [0.29, 0.717) is 6.42 Å². The molecule has 2 rings (SSSR count). The van der Waals surface area contributed by atoms with Crippen LogP contribution in [0.4, 0.5) is 0 Å². The molecule has 0 bridgehead atoms. The van der Waals surface area contributed by atoms with Crippen LogP contribution in [0.25, 0.3) is 11.3 Å².